The molecule has 1 heterocycles. The lowest BCUT2D eigenvalue weighted by molar-refractivity contribution is 0.481. The summed E-state index contributed by atoms with van der Waals surface area (Å²) in [4.78, 5) is 8.80. The molecule has 0 aliphatic heterocycles. The standard InChI is InChI=1S/C16H24N4/c1-2-3-4-5-6-9-14(20-17)13-8-7-10-15-16(13)19-12-11-18-15/h7-8,10-12,14,20H,2-6,9,17H2,1H3. The number of para-hydroxylation sites is 1. The zero-order valence-electron chi connectivity index (χ0n) is 12.2. The van der Waals surface area contributed by atoms with E-state index in [4.69, 9.17) is 5.84 Å². The van der Waals surface area contributed by atoms with Gasteiger partial charge in [0.25, 0.3) is 0 Å². The van der Waals surface area contributed by atoms with Crippen molar-refractivity contribution in [1.82, 2.24) is 15.4 Å². The summed E-state index contributed by atoms with van der Waals surface area (Å²) < 4.78 is 0. The number of unbranched alkanes of at least 4 members (excludes halogenated alkanes) is 4. The molecule has 2 rings (SSSR count). The number of fused-ring (bicyclic) bond motifs is 1. The Morgan fingerprint density at radius 3 is 2.70 bits per heavy atom. The van der Waals surface area contributed by atoms with E-state index in [9.17, 15) is 0 Å². The predicted octanol–water partition coefficient (Wildman–Crippen LogP) is 3.49. The second-order valence-corrected chi connectivity index (χ2v) is 5.19. The zero-order valence-corrected chi connectivity index (χ0v) is 12.2. The molecule has 3 N–H and O–H groups in total. The van der Waals surface area contributed by atoms with Crippen LogP contribution in [0.25, 0.3) is 11.0 Å². The van der Waals surface area contributed by atoms with Gasteiger partial charge in [0.2, 0.25) is 0 Å². The summed E-state index contributed by atoms with van der Waals surface area (Å²) in [5, 5.41) is 0. The molecule has 0 aliphatic carbocycles. The van der Waals surface area contributed by atoms with E-state index in [1.807, 2.05) is 12.1 Å². The molecule has 0 bridgehead atoms. The number of nitrogens with two attached hydrogens (primary N) is 1. The monoisotopic (exact) mass is 272 g/mol. The van der Waals surface area contributed by atoms with Crippen molar-refractivity contribution >= 4 is 11.0 Å². The van der Waals surface area contributed by atoms with Crippen LogP contribution in [-0.2, 0) is 0 Å². The Morgan fingerprint density at radius 1 is 1.10 bits per heavy atom. The van der Waals surface area contributed by atoms with Gasteiger partial charge < -0.3 is 0 Å². The van der Waals surface area contributed by atoms with Crippen molar-refractivity contribution in [2.75, 3.05) is 0 Å². The summed E-state index contributed by atoms with van der Waals surface area (Å²) in [5.41, 5.74) is 5.96. The minimum Gasteiger partial charge on any atom is -0.271 e. The maximum absolute atomic E-state index is 5.74. The molecule has 2 aromatic rings. The number of hydrogen-bond donors (Lipinski definition) is 2. The molecule has 108 valence electrons. The molecule has 20 heavy (non-hydrogen) atoms. The first-order chi connectivity index (χ1) is 9.86. The van der Waals surface area contributed by atoms with Gasteiger partial charge in [-0.2, -0.15) is 0 Å². The molecule has 4 heteroatoms. The van der Waals surface area contributed by atoms with Crippen LogP contribution in [0.2, 0.25) is 0 Å². The maximum atomic E-state index is 5.74. The van der Waals surface area contributed by atoms with Gasteiger partial charge in [0.15, 0.2) is 0 Å². The summed E-state index contributed by atoms with van der Waals surface area (Å²) in [6.07, 6.45) is 10.9. The Balaban J connectivity index is 2.05. The molecule has 1 aromatic heterocycles. The number of hydrazine groups is 1. The Bertz CT molecular complexity index is 521. The molecule has 0 amide bonds. The molecule has 0 radical (unpaired) electrons. The summed E-state index contributed by atoms with van der Waals surface area (Å²) >= 11 is 0. The summed E-state index contributed by atoms with van der Waals surface area (Å²) in [6.45, 7) is 2.24. The Labute approximate surface area is 120 Å². The largest absolute Gasteiger partial charge is 0.271 e. The molecule has 0 spiro atoms. The topological polar surface area (TPSA) is 63.8 Å². The van der Waals surface area contributed by atoms with E-state index in [0.29, 0.717) is 0 Å². The Hall–Kier alpha value is -1.52. The average molecular weight is 272 g/mol. The number of aromatic nitrogens is 2. The first kappa shape index (κ1) is 14.9. The quantitative estimate of drug-likeness (QED) is 0.438. The highest BCUT2D eigenvalue weighted by molar-refractivity contribution is 5.78. The summed E-state index contributed by atoms with van der Waals surface area (Å²) in [7, 11) is 0. The highest BCUT2D eigenvalue weighted by Crippen LogP contribution is 2.25. The van der Waals surface area contributed by atoms with Crippen LogP contribution in [0.15, 0.2) is 30.6 Å². The third-order valence-corrected chi connectivity index (χ3v) is 3.70. The second kappa shape index (κ2) is 7.92. The van der Waals surface area contributed by atoms with Crippen LogP contribution in [0.4, 0.5) is 0 Å². The molecule has 0 saturated carbocycles. The number of nitrogens with zero attached hydrogens (tertiary/aromatic N) is 2. The number of rotatable bonds is 8. The molecule has 1 atom stereocenters. The minimum absolute atomic E-state index is 0.150. The average Bonchev–Trinajstić information content (AvgIpc) is 2.51. The lowest BCUT2D eigenvalue weighted by atomic mass is 9.99. The fourth-order valence-corrected chi connectivity index (χ4v) is 2.58. The van der Waals surface area contributed by atoms with Crippen LogP contribution in [0.3, 0.4) is 0 Å². The van der Waals surface area contributed by atoms with Crippen molar-refractivity contribution in [2.45, 2.75) is 51.5 Å². The molecule has 1 unspecified atom stereocenters. The van der Waals surface area contributed by atoms with Gasteiger partial charge in [0.05, 0.1) is 11.0 Å². The second-order valence-electron chi connectivity index (χ2n) is 5.19. The molecular weight excluding hydrogens is 248 g/mol. The molecular formula is C16H24N4. The van der Waals surface area contributed by atoms with Gasteiger partial charge >= 0.3 is 0 Å². The summed E-state index contributed by atoms with van der Waals surface area (Å²) in [5.74, 6) is 5.74. The molecule has 4 nitrogen and oxygen atoms in total. The van der Waals surface area contributed by atoms with E-state index >= 15 is 0 Å². The first-order valence-electron chi connectivity index (χ1n) is 7.52. The van der Waals surface area contributed by atoms with Crippen molar-refractivity contribution in [2.24, 2.45) is 5.84 Å². The molecule has 0 saturated heterocycles. The zero-order chi connectivity index (χ0) is 14.2. The van der Waals surface area contributed by atoms with Gasteiger partial charge in [0, 0.05) is 18.4 Å². The van der Waals surface area contributed by atoms with Crippen LogP contribution in [0.1, 0.15) is 57.1 Å². The van der Waals surface area contributed by atoms with Gasteiger partial charge in [0.1, 0.15) is 0 Å². The lowest BCUT2D eigenvalue weighted by Gasteiger charge is -2.17. The molecule has 1 aromatic carbocycles. The fraction of sp³-hybridized carbons (Fsp3) is 0.500. The van der Waals surface area contributed by atoms with E-state index in [-0.39, 0.29) is 6.04 Å². The minimum atomic E-state index is 0.150. The Kier molecular flexibility index (Phi) is 5.89. The van der Waals surface area contributed by atoms with E-state index in [1.54, 1.807) is 12.4 Å². The highest BCUT2D eigenvalue weighted by Gasteiger charge is 2.13. The van der Waals surface area contributed by atoms with Crippen molar-refractivity contribution in [3.8, 4) is 0 Å². The molecule has 0 aliphatic rings. The molecule has 0 fully saturated rings. The predicted molar refractivity (Wildman–Crippen MR) is 83.0 cm³/mol. The summed E-state index contributed by atoms with van der Waals surface area (Å²) in [6, 6.07) is 6.25. The van der Waals surface area contributed by atoms with Crippen molar-refractivity contribution < 1.29 is 0 Å². The van der Waals surface area contributed by atoms with Crippen LogP contribution < -0.4 is 11.3 Å². The smallest absolute Gasteiger partial charge is 0.0935 e. The van der Waals surface area contributed by atoms with E-state index < -0.39 is 0 Å². The van der Waals surface area contributed by atoms with Crippen molar-refractivity contribution in [3.05, 3.63) is 36.2 Å². The van der Waals surface area contributed by atoms with Gasteiger partial charge in [-0.25, -0.2) is 0 Å². The van der Waals surface area contributed by atoms with Gasteiger partial charge in [-0.15, -0.1) is 0 Å². The normalized spacial score (nSPS) is 12.7. The van der Waals surface area contributed by atoms with Crippen molar-refractivity contribution in [3.63, 3.8) is 0 Å². The van der Waals surface area contributed by atoms with Gasteiger partial charge in [-0.05, 0) is 18.1 Å². The number of nitrogens with one attached hydrogen (secondary N) is 1. The van der Waals surface area contributed by atoms with E-state index in [2.05, 4.69) is 28.4 Å². The van der Waals surface area contributed by atoms with Gasteiger partial charge in [-0.1, -0.05) is 51.2 Å². The highest BCUT2D eigenvalue weighted by atomic mass is 15.2. The first-order valence-corrected chi connectivity index (χ1v) is 7.52. The SMILES string of the molecule is CCCCCCCC(NN)c1cccc2nccnc12. The van der Waals surface area contributed by atoms with Crippen LogP contribution in [-0.4, -0.2) is 9.97 Å². The fourth-order valence-electron chi connectivity index (χ4n) is 2.58. The third kappa shape index (κ3) is 3.74. The third-order valence-electron chi connectivity index (χ3n) is 3.70. The number of hydrogen-bond acceptors (Lipinski definition) is 4. The van der Waals surface area contributed by atoms with E-state index in [0.717, 1.165) is 23.0 Å². The van der Waals surface area contributed by atoms with Crippen molar-refractivity contribution in [1.29, 1.82) is 0 Å². The Morgan fingerprint density at radius 2 is 1.90 bits per heavy atom. The van der Waals surface area contributed by atoms with Crippen LogP contribution in [0, 0.1) is 0 Å². The van der Waals surface area contributed by atoms with Crippen LogP contribution >= 0.6 is 0 Å². The maximum Gasteiger partial charge on any atom is 0.0935 e. The number of benzene rings is 1. The lowest BCUT2D eigenvalue weighted by Crippen LogP contribution is -2.28. The van der Waals surface area contributed by atoms with Gasteiger partial charge in [-0.3, -0.25) is 21.2 Å². The van der Waals surface area contributed by atoms with E-state index in [1.165, 1.54) is 32.1 Å². The van der Waals surface area contributed by atoms with Crippen LogP contribution in [0.5, 0.6) is 0 Å².